The number of Topliss-reactive ketones (excluding diaryl/α,β-unsaturated/α-hetero) is 1. The summed E-state index contributed by atoms with van der Waals surface area (Å²) in [4.78, 5) is 27.0. The van der Waals surface area contributed by atoms with E-state index in [1.807, 2.05) is 57.2 Å². The molecule has 1 aliphatic carbocycles. The molecule has 0 radical (unpaired) electrons. The average Bonchev–Trinajstić information content (AvgIpc) is 2.86. The van der Waals surface area contributed by atoms with Crippen LogP contribution in [0.4, 0.5) is 0 Å². The van der Waals surface area contributed by atoms with Crippen molar-refractivity contribution in [2.45, 2.75) is 45.4 Å². The maximum atomic E-state index is 13.7. The first-order chi connectivity index (χ1) is 16.8. The first-order valence-corrected chi connectivity index (χ1v) is 12.0. The molecule has 184 valence electrons. The van der Waals surface area contributed by atoms with E-state index >= 15 is 0 Å². The highest BCUT2D eigenvalue weighted by atomic mass is 16.5. The summed E-state index contributed by atoms with van der Waals surface area (Å²) >= 11 is 0. The van der Waals surface area contributed by atoms with Gasteiger partial charge in [-0.05, 0) is 48.4 Å². The number of methoxy groups -OCH3 is 2. The van der Waals surface area contributed by atoms with Crippen LogP contribution >= 0.6 is 0 Å². The molecule has 0 bridgehead atoms. The summed E-state index contributed by atoms with van der Waals surface area (Å²) < 4.78 is 16.6. The first kappa shape index (κ1) is 24.6. The van der Waals surface area contributed by atoms with Crippen LogP contribution in [0.1, 0.15) is 56.6 Å². The third-order valence-corrected chi connectivity index (χ3v) is 6.61. The number of carbonyl (C=O) groups is 2. The molecule has 35 heavy (non-hydrogen) atoms. The largest absolute Gasteiger partial charge is 0.493 e. The number of ether oxygens (including phenoxy) is 3. The smallest absolute Gasteiger partial charge is 0.336 e. The minimum atomic E-state index is -0.546. The van der Waals surface area contributed by atoms with Gasteiger partial charge >= 0.3 is 5.97 Å². The highest BCUT2D eigenvalue weighted by Gasteiger charge is 2.41. The lowest BCUT2D eigenvalue weighted by atomic mass is 9.71. The van der Waals surface area contributed by atoms with Crippen molar-refractivity contribution in [2.24, 2.45) is 5.92 Å². The fourth-order valence-corrected chi connectivity index (χ4v) is 4.96. The van der Waals surface area contributed by atoms with E-state index in [0.29, 0.717) is 47.8 Å². The van der Waals surface area contributed by atoms with Crippen LogP contribution in [0.25, 0.3) is 0 Å². The third-order valence-electron chi connectivity index (χ3n) is 6.61. The van der Waals surface area contributed by atoms with Gasteiger partial charge in [-0.3, -0.25) is 4.79 Å². The van der Waals surface area contributed by atoms with Crippen LogP contribution in [0, 0.1) is 5.92 Å². The molecule has 0 aromatic heterocycles. The van der Waals surface area contributed by atoms with Gasteiger partial charge in [0, 0.05) is 29.3 Å². The van der Waals surface area contributed by atoms with Gasteiger partial charge in [-0.1, -0.05) is 50.2 Å². The summed E-state index contributed by atoms with van der Waals surface area (Å²) in [6.45, 7) is 6.17. The molecule has 1 heterocycles. The van der Waals surface area contributed by atoms with Gasteiger partial charge < -0.3 is 19.5 Å². The molecule has 2 aromatic rings. The number of dihydropyridines is 1. The molecule has 0 spiro atoms. The molecule has 4 rings (SSSR count). The zero-order chi connectivity index (χ0) is 25.1. The molecule has 2 aromatic carbocycles. The Labute approximate surface area is 207 Å². The molecule has 0 saturated carbocycles. The monoisotopic (exact) mass is 475 g/mol. The number of rotatable bonds is 7. The molecular weight excluding hydrogens is 442 g/mol. The van der Waals surface area contributed by atoms with Gasteiger partial charge in [0.15, 0.2) is 17.3 Å². The molecular formula is C29H33NO5. The summed E-state index contributed by atoms with van der Waals surface area (Å²) in [5, 5.41) is 3.40. The number of benzene rings is 2. The van der Waals surface area contributed by atoms with Crippen molar-refractivity contribution < 1.29 is 23.8 Å². The first-order valence-electron chi connectivity index (χ1n) is 12.0. The molecule has 0 fully saturated rings. The number of esters is 1. The summed E-state index contributed by atoms with van der Waals surface area (Å²) in [5.41, 5.74) is 4.60. The zero-order valence-corrected chi connectivity index (χ0v) is 21.0. The van der Waals surface area contributed by atoms with Gasteiger partial charge in [-0.25, -0.2) is 4.79 Å². The van der Waals surface area contributed by atoms with Crippen LogP contribution < -0.4 is 14.8 Å². The van der Waals surface area contributed by atoms with Gasteiger partial charge in [0.1, 0.15) is 0 Å². The third kappa shape index (κ3) is 4.97. The van der Waals surface area contributed by atoms with E-state index in [2.05, 4.69) is 17.4 Å². The van der Waals surface area contributed by atoms with Crippen LogP contribution in [0.5, 0.6) is 11.5 Å². The normalized spacial score (nSPS) is 19.9. The number of hydrogen-bond acceptors (Lipinski definition) is 6. The highest BCUT2D eigenvalue weighted by Crippen LogP contribution is 2.47. The Balaban J connectivity index is 1.81. The van der Waals surface area contributed by atoms with Gasteiger partial charge in [-0.15, -0.1) is 0 Å². The van der Waals surface area contributed by atoms with E-state index < -0.39 is 11.9 Å². The summed E-state index contributed by atoms with van der Waals surface area (Å²) in [6, 6.07) is 15.7. The van der Waals surface area contributed by atoms with Gasteiger partial charge in [0.05, 0.1) is 26.4 Å². The number of hydrogen-bond donors (Lipinski definition) is 1. The van der Waals surface area contributed by atoms with E-state index in [9.17, 15) is 9.59 Å². The summed E-state index contributed by atoms with van der Waals surface area (Å²) in [7, 11) is 3.15. The molecule has 6 heteroatoms. The molecule has 1 N–H and O–H groups in total. The maximum absolute atomic E-state index is 13.7. The SMILES string of the molecule is COc1ccc([C@H]2C(C(=O)OCC(C)C)=C(C)NC3=C2C(=O)C[C@@H](c2ccccc2)C3)cc1OC. The van der Waals surface area contributed by atoms with E-state index in [-0.39, 0.29) is 17.6 Å². The number of ketones is 1. The molecule has 0 saturated heterocycles. The zero-order valence-electron chi connectivity index (χ0n) is 21.0. The van der Waals surface area contributed by atoms with Crippen molar-refractivity contribution >= 4 is 11.8 Å². The van der Waals surface area contributed by atoms with Gasteiger partial charge in [-0.2, -0.15) is 0 Å². The second-order valence-corrected chi connectivity index (χ2v) is 9.53. The fourth-order valence-electron chi connectivity index (χ4n) is 4.96. The standard InChI is InChI=1S/C29H33NO5/c1-17(2)16-35-29(32)26-18(3)30-22-13-21(19-9-7-6-8-10-19)14-23(31)28(22)27(26)20-11-12-24(33-4)25(15-20)34-5/h6-12,15,17,21,27,30H,13-14,16H2,1-5H3/t21-,27-/m0/s1. The Morgan fingerprint density at radius 1 is 1.00 bits per heavy atom. The minimum Gasteiger partial charge on any atom is -0.493 e. The van der Waals surface area contributed by atoms with E-state index in [1.54, 1.807) is 14.2 Å². The Hall–Kier alpha value is -3.54. The lowest BCUT2D eigenvalue weighted by Crippen LogP contribution is -2.36. The van der Waals surface area contributed by atoms with Crippen LogP contribution in [0.15, 0.2) is 71.1 Å². The van der Waals surface area contributed by atoms with Crippen LogP contribution in [-0.4, -0.2) is 32.6 Å². The van der Waals surface area contributed by atoms with Gasteiger partial charge in [0.25, 0.3) is 0 Å². The molecule has 2 aliphatic rings. The minimum absolute atomic E-state index is 0.0362. The maximum Gasteiger partial charge on any atom is 0.336 e. The Kier molecular flexibility index (Phi) is 7.29. The fraction of sp³-hybridized carbons (Fsp3) is 0.379. The lowest BCUT2D eigenvalue weighted by Gasteiger charge is -2.37. The number of carbonyl (C=O) groups excluding carboxylic acids is 2. The van der Waals surface area contributed by atoms with Crippen molar-refractivity contribution in [1.82, 2.24) is 5.32 Å². The quantitative estimate of drug-likeness (QED) is 0.551. The lowest BCUT2D eigenvalue weighted by molar-refractivity contribution is -0.140. The Bertz CT molecular complexity index is 1180. The second-order valence-electron chi connectivity index (χ2n) is 9.53. The Morgan fingerprint density at radius 3 is 2.37 bits per heavy atom. The van der Waals surface area contributed by atoms with Crippen LogP contribution in [0.2, 0.25) is 0 Å². The van der Waals surface area contributed by atoms with Crippen molar-refractivity contribution in [3.63, 3.8) is 0 Å². The number of allylic oxidation sites excluding steroid dienone is 3. The topological polar surface area (TPSA) is 73.9 Å². The summed E-state index contributed by atoms with van der Waals surface area (Å²) in [6.07, 6.45) is 1.09. The molecule has 0 amide bonds. The average molecular weight is 476 g/mol. The molecule has 6 nitrogen and oxygen atoms in total. The molecule has 2 atom stereocenters. The van der Waals surface area contributed by atoms with Crippen molar-refractivity contribution in [1.29, 1.82) is 0 Å². The van der Waals surface area contributed by atoms with Crippen LogP contribution in [0.3, 0.4) is 0 Å². The summed E-state index contributed by atoms with van der Waals surface area (Å²) in [5.74, 6) is 0.501. The van der Waals surface area contributed by atoms with Crippen molar-refractivity contribution in [3.05, 3.63) is 82.2 Å². The predicted octanol–water partition coefficient (Wildman–Crippen LogP) is 5.26. The van der Waals surface area contributed by atoms with Crippen LogP contribution in [-0.2, 0) is 14.3 Å². The highest BCUT2D eigenvalue weighted by molar-refractivity contribution is 6.04. The van der Waals surface area contributed by atoms with Crippen molar-refractivity contribution in [2.75, 3.05) is 20.8 Å². The van der Waals surface area contributed by atoms with E-state index in [1.165, 1.54) is 0 Å². The number of nitrogens with one attached hydrogen (secondary N) is 1. The second kappa shape index (κ2) is 10.4. The molecule has 0 unspecified atom stereocenters. The van der Waals surface area contributed by atoms with Gasteiger partial charge in [0.2, 0.25) is 0 Å². The Morgan fingerprint density at radius 2 is 1.71 bits per heavy atom. The predicted molar refractivity (Wildman–Crippen MR) is 134 cm³/mol. The van der Waals surface area contributed by atoms with Crippen molar-refractivity contribution in [3.8, 4) is 11.5 Å². The van der Waals surface area contributed by atoms with E-state index in [0.717, 1.165) is 16.8 Å². The molecule has 1 aliphatic heterocycles. The van der Waals surface area contributed by atoms with E-state index in [4.69, 9.17) is 14.2 Å².